The minimum Gasteiger partial charge on any atom is -0.496 e. The summed E-state index contributed by atoms with van der Waals surface area (Å²) in [6.07, 6.45) is -5.17. The van der Waals surface area contributed by atoms with E-state index in [-0.39, 0.29) is 55.0 Å². The molecule has 5 fully saturated rings. The van der Waals surface area contributed by atoms with E-state index >= 15 is 0 Å². The average molecular weight is 935 g/mol. The average Bonchev–Trinajstić information content (AvgIpc) is 3.26. The summed E-state index contributed by atoms with van der Waals surface area (Å²) in [7, 11) is 12.8. The molecule has 66 heavy (non-hydrogen) atoms. The lowest BCUT2D eigenvalue weighted by atomic mass is 9.74. The number of carbonyl (C=O) groups is 2. The van der Waals surface area contributed by atoms with E-state index in [0.717, 1.165) is 11.3 Å². The van der Waals surface area contributed by atoms with Crippen molar-refractivity contribution in [3.05, 3.63) is 29.8 Å². The molecule has 0 spiro atoms. The van der Waals surface area contributed by atoms with Crippen LogP contribution in [0.15, 0.2) is 24.3 Å². The SMILES string of the molecule is COc1ccccc1C(C)(C)N(C)CCN(C)C[C@@]1(O)[C@H](C)O[C@@H](O[C@H]2[C@H](C)[C@@H](O[C@@H]3O[C@H](C)C[C@H](N(C)C)[C@H]3O)[C@@](C)(OC)C[C@@H](C)C(=O)[C@H](C)N3CC(C3)OC(=O)[C@@H]2C)C[C@@]1(C)OC. The lowest BCUT2D eigenvalue weighted by molar-refractivity contribution is -0.339. The molecule has 0 aromatic heterocycles. The number of aliphatic hydroxyl groups is 2. The Balaban J connectivity index is 1.44. The summed E-state index contributed by atoms with van der Waals surface area (Å²) in [6, 6.07) is 7.41. The Labute approximate surface area is 395 Å². The summed E-state index contributed by atoms with van der Waals surface area (Å²) in [5, 5.41) is 24.5. The Morgan fingerprint density at radius 3 is 2.15 bits per heavy atom. The molecule has 0 unspecified atom stereocenters. The molecule has 5 saturated heterocycles. The number of ether oxygens (including phenoxy) is 8. The van der Waals surface area contributed by atoms with Crippen molar-refractivity contribution in [2.24, 2.45) is 17.8 Å². The molecule has 2 bridgehead atoms. The highest BCUT2D eigenvalue weighted by atomic mass is 16.7. The zero-order valence-electron chi connectivity index (χ0n) is 43.2. The molecular formula is C50H86N4O12. The summed E-state index contributed by atoms with van der Waals surface area (Å²) < 4.78 is 51.5. The van der Waals surface area contributed by atoms with Gasteiger partial charge < -0.3 is 57.9 Å². The predicted molar refractivity (Wildman–Crippen MR) is 251 cm³/mol. The van der Waals surface area contributed by atoms with Crippen molar-refractivity contribution >= 4 is 11.8 Å². The van der Waals surface area contributed by atoms with Crippen molar-refractivity contribution in [1.29, 1.82) is 0 Å². The lowest BCUT2D eigenvalue weighted by Crippen LogP contribution is -2.70. The number of methoxy groups -OCH3 is 3. The third-order valence-electron chi connectivity index (χ3n) is 16.1. The first-order valence-electron chi connectivity index (χ1n) is 24.1. The van der Waals surface area contributed by atoms with E-state index in [0.29, 0.717) is 32.6 Å². The van der Waals surface area contributed by atoms with Gasteiger partial charge in [0.2, 0.25) is 0 Å². The molecular weight excluding hydrogens is 849 g/mol. The van der Waals surface area contributed by atoms with E-state index in [1.807, 2.05) is 97.6 Å². The molecule has 1 aromatic carbocycles. The minimum atomic E-state index is -1.48. The molecule has 15 atom stereocenters. The van der Waals surface area contributed by atoms with Gasteiger partial charge in [-0.1, -0.05) is 32.0 Å². The standard InChI is InChI=1S/C50H86N4O12/c1-30-25-48(9,60-16)44(66-46-42(56)38(51(11)12)24-31(2)62-46)32(3)43(33(4)45(57)64-36-27-54(28-36)34(5)41(30)55)65-40-26-49(10,61-17)50(58,35(6)63-40)29-52(13)22-23-53(14)47(7,8)37-20-18-19-21-39(37)59-15/h18-21,30-36,38,40,42-44,46,56,58H,22-29H2,1-17H3/t30-,31-,32+,33-,34+,35+,38+,40+,42-,43+,44-,46+,48+,49-,50-/m1/s1. The molecule has 16 nitrogen and oxygen atoms in total. The van der Waals surface area contributed by atoms with Crippen LogP contribution in [0.2, 0.25) is 0 Å². The highest BCUT2D eigenvalue weighted by molar-refractivity contribution is 5.86. The van der Waals surface area contributed by atoms with Crippen LogP contribution in [0.3, 0.4) is 0 Å². The largest absolute Gasteiger partial charge is 0.496 e. The number of benzene rings is 1. The van der Waals surface area contributed by atoms with Gasteiger partial charge in [-0.15, -0.1) is 0 Å². The molecule has 0 saturated carbocycles. The van der Waals surface area contributed by atoms with E-state index in [9.17, 15) is 19.8 Å². The first-order chi connectivity index (χ1) is 30.8. The number of fused-ring (bicyclic) bond motifs is 10. The van der Waals surface area contributed by atoms with Crippen LogP contribution in [0, 0.1) is 17.8 Å². The first-order valence-corrected chi connectivity index (χ1v) is 24.1. The minimum absolute atomic E-state index is 0.0493. The summed E-state index contributed by atoms with van der Waals surface area (Å²) >= 11 is 0. The highest BCUT2D eigenvalue weighted by Crippen LogP contribution is 2.44. The van der Waals surface area contributed by atoms with Crippen LogP contribution < -0.4 is 4.74 Å². The number of likely N-dealkylation sites (N-methyl/N-ethyl adjacent to an activating group) is 3. The van der Waals surface area contributed by atoms with Crippen molar-refractivity contribution in [2.75, 3.05) is 82.2 Å². The van der Waals surface area contributed by atoms with E-state index in [2.05, 4.69) is 36.8 Å². The molecule has 0 amide bonds. The number of esters is 1. The van der Waals surface area contributed by atoms with Crippen LogP contribution in [0.5, 0.6) is 5.75 Å². The van der Waals surface area contributed by atoms with Gasteiger partial charge in [0.25, 0.3) is 0 Å². The maximum Gasteiger partial charge on any atom is 0.311 e. The van der Waals surface area contributed by atoms with Gasteiger partial charge in [-0.2, -0.15) is 0 Å². The number of carbonyl (C=O) groups excluding carboxylic acids is 2. The van der Waals surface area contributed by atoms with Crippen LogP contribution in [-0.4, -0.2) is 202 Å². The van der Waals surface area contributed by atoms with Gasteiger partial charge in [0.05, 0.1) is 49.1 Å². The summed E-state index contributed by atoms with van der Waals surface area (Å²) in [5.41, 5.74) is -3.02. The van der Waals surface area contributed by atoms with Crippen LogP contribution in [0.4, 0.5) is 0 Å². The molecule has 6 rings (SSSR count). The Bertz CT molecular complexity index is 1770. The lowest BCUT2D eigenvalue weighted by Gasteiger charge is -2.54. The maximum absolute atomic E-state index is 14.3. The van der Waals surface area contributed by atoms with Crippen LogP contribution in [-0.2, 0) is 48.3 Å². The van der Waals surface area contributed by atoms with Crippen molar-refractivity contribution in [3.8, 4) is 5.75 Å². The van der Waals surface area contributed by atoms with E-state index in [4.69, 9.17) is 37.9 Å². The smallest absolute Gasteiger partial charge is 0.311 e. The topological polar surface area (TPSA) is 161 Å². The number of nitrogens with zero attached hydrogens (tertiary/aromatic N) is 4. The van der Waals surface area contributed by atoms with E-state index < -0.39 is 77.5 Å². The van der Waals surface area contributed by atoms with Crippen molar-refractivity contribution in [3.63, 3.8) is 0 Å². The highest BCUT2D eigenvalue weighted by Gasteiger charge is 2.59. The Morgan fingerprint density at radius 2 is 1.55 bits per heavy atom. The molecule has 16 heteroatoms. The van der Waals surface area contributed by atoms with Gasteiger partial charge in [-0.25, -0.2) is 0 Å². The summed E-state index contributed by atoms with van der Waals surface area (Å²) in [4.78, 5) is 36.6. The zero-order chi connectivity index (χ0) is 49.3. The number of rotatable bonds is 15. The summed E-state index contributed by atoms with van der Waals surface area (Å²) in [5.74, 6) is -1.48. The fourth-order valence-electron chi connectivity index (χ4n) is 10.9. The second-order valence-electron chi connectivity index (χ2n) is 21.3. The van der Waals surface area contributed by atoms with Crippen molar-refractivity contribution in [2.45, 2.75) is 172 Å². The third-order valence-corrected chi connectivity index (χ3v) is 16.1. The molecule has 0 radical (unpaired) electrons. The second kappa shape index (κ2) is 21.8. The molecule has 5 aliphatic rings. The van der Waals surface area contributed by atoms with Gasteiger partial charge in [0.1, 0.15) is 29.2 Å². The van der Waals surface area contributed by atoms with Crippen LogP contribution >= 0.6 is 0 Å². The fourth-order valence-corrected chi connectivity index (χ4v) is 10.9. The van der Waals surface area contributed by atoms with E-state index in [1.54, 1.807) is 28.3 Å². The molecule has 0 aliphatic carbocycles. The normalized spacial score (nSPS) is 40.8. The quantitative estimate of drug-likeness (QED) is 0.241. The van der Waals surface area contributed by atoms with Gasteiger partial charge in [0.15, 0.2) is 18.4 Å². The zero-order valence-corrected chi connectivity index (χ0v) is 43.2. The fraction of sp³-hybridized carbons (Fsp3) is 0.840. The monoisotopic (exact) mass is 935 g/mol. The molecule has 1 aromatic rings. The first kappa shape index (κ1) is 54.6. The Hall–Kier alpha value is -2.32. The number of hydrogen-bond donors (Lipinski definition) is 2. The predicted octanol–water partition coefficient (Wildman–Crippen LogP) is 4.16. The number of para-hydroxylation sites is 1. The van der Waals surface area contributed by atoms with E-state index in [1.165, 1.54) is 0 Å². The van der Waals surface area contributed by atoms with Gasteiger partial charge >= 0.3 is 5.97 Å². The molecule has 2 N–H and O–H groups in total. The number of aliphatic hydroxyl groups excluding tert-OH is 1. The molecule has 5 heterocycles. The van der Waals surface area contributed by atoms with Crippen molar-refractivity contribution < 1.29 is 57.7 Å². The van der Waals surface area contributed by atoms with Gasteiger partial charge in [-0.05, 0) is 102 Å². The van der Waals surface area contributed by atoms with Crippen molar-refractivity contribution in [1.82, 2.24) is 19.6 Å². The third kappa shape index (κ3) is 11.3. The number of Topliss-reactive ketones (excluding diaryl/α,β-unsaturated/α-hetero) is 1. The molecule has 5 aliphatic heterocycles. The number of ketones is 1. The van der Waals surface area contributed by atoms with Crippen LogP contribution in [0.1, 0.15) is 94.1 Å². The number of hydrogen-bond acceptors (Lipinski definition) is 16. The maximum atomic E-state index is 14.3. The van der Waals surface area contributed by atoms with Gasteiger partial charge in [0, 0.05) is 82.3 Å². The second-order valence-corrected chi connectivity index (χ2v) is 21.3. The van der Waals surface area contributed by atoms with Crippen LogP contribution in [0.25, 0.3) is 0 Å². The Morgan fingerprint density at radius 1 is 0.894 bits per heavy atom. The van der Waals surface area contributed by atoms with Gasteiger partial charge in [-0.3, -0.25) is 19.4 Å². The molecule has 378 valence electrons. The Kier molecular flexibility index (Phi) is 18.0. The summed E-state index contributed by atoms with van der Waals surface area (Å²) in [6.45, 7) is 21.9.